The van der Waals surface area contributed by atoms with Crippen LogP contribution in [0.1, 0.15) is 30.5 Å². The van der Waals surface area contributed by atoms with E-state index in [1.807, 2.05) is 73.7 Å². The molecule has 1 aliphatic heterocycles. The number of amides is 1. The average molecular weight is 484 g/mol. The number of oxime groups is 1. The fourth-order valence-corrected chi connectivity index (χ4v) is 4.22. The van der Waals surface area contributed by atoms with Crippen molar-refractivity contribution < 1.29 is 14.4 Å². The lowest BCUT2D eigenvalue weighted by molar-refractivity contribution is -0.119. The lowest BCUT2D eigenvalue weighted by Crippen LogP contribution is -2.49. The first kappa shape index (κ1) is 25.2. The quantitative estimate of drug-likeness (QED) is 0.124. The molecule has 0 bridgehead atoms. The molecule has 6 nitrogen and oxygen atoms in total. The zero-order valence-electron chi connectivity index (χ0n) is 20.9. The second-order valence-corrected chi connectivity index (χ2v) is 8.69. The van der Waals surface area contributed by atoms with Crippen LogP contribution in [0.3, 0.4) is 0 Å². The van der Waals surface area contributed by atoms with Crippen LogP contribution in [-0.2, 0) is 16.1 Å². The molecule has 186 valence electrons. The molecule has 1 unspecified atom stereocenters. The van der Waals surface area contributed by atoms with Crippen LogP contribution in [0.2, 0.25) is 0 Å². The van der Waals surface area contributed by atoms with Crippen LogP contribution in [0.5, 0.6) is 5.75 Å². The van der Waals surface area contributed by atoms with Gasteiger partial charge in [-0.15, -0.1) is 0 Å². The Morgan fingerprint density at radius 1 is 0.972 bits per heavy atom. The Hall–Kier alpha value is -3.90. The highest BCUT2D eigenvalue weighted by molar-refractivity contribution is 6.18. The molecule has 1 atom stereocenters. The number of carbonyl (C=O) groups is 1. The molecule has 1 aliphatic rings. The minimum Gasteiger partial charge on any atom is -0.497 e. The fraction of sp³-hybridized carbons (Fsp3) is 0.267. The molecule has 4 rings (SSSR count). The van der Waals surface area contributed by atoms with E-state index in [1.54, 1.807) is 12.0 Å². The smallest absolute Gasteiger partial charge is 0.257 e. The highest BCUT2D eigenvalue weighted by atomic mass is 16.6. The van der Waals surface area contributed by atoms with Gasteiger partial charge in [0.15, 0.2) is 0 Å². The molecule has 6 heteroatoms. The van der Waals surface area contributed by atoms with Crippen molar-refractivity contribution in [1.82, 2.24) is 5.32 Å². The van der Waals surface area contributed by atoms with Gasteiger partial charge in [-0.2, -0.15) is 0 Å². The monoisotopic (exact) mass is 483 g/mol. The molecule has 3 aromatic carbocycles. The van der Waals surface area contributed by atoms with Crippen LogP contribution >= 0.6 is 0 Å². The number of carbonyl (C=O) groups excluding carboxylic acids is 1. The molecule has 3 aromatic rings. The molecular formula is C30H33N3O3. The van der Waals surface area contributed by atoms with Gasteiger partial charge in [0.05, 0.1) is 18.9 Å². The van der Waals surface area contributed by atoms with Gasteiger partial charge >= 0.3 is 0 Å². The summed E-state index contributed by atoms with van der Waals surface area (Å²) >= 11 is 0. The first-order chi connectivity index (χ1) is 17.7. The van der Waals surface area contributed by atoms with Gasteiger partial charge in [-0.3, -0.25) is 9.69 Å². The highest BCUT2D eigenvalue weighted by Gasteiger charge is 2.43. The number of allylic oxidation sites excluding steroid dienone is 1. The van der Waals surface area contributed by atoms with Crippen molar-refractivity contribution in [2.24, 2.45) is 5.16 Å². The number of ether oxygens (including phenoxy) is 1. The second-order valence-electron chi connectivity index (χ2n) is 8.69. The van der Waals surface area contributed by atoms with Crippen molar-refractivity contribution in [3.8, 4) is 5.75 Å². The lowest BCUT2D eigenvalue weighted by atomic mass is 9.86. The Morgan fingerprint density at radius 2 is 1.67 bits per heavy atom. The SMILES string of the molecule is COc1ccc(N2C(=O)C(=CC(C)=NOCCCNCCc3ccccc3)C2c2ccccc2)cc1. The van der Waals surface area contributed by atoms with E-state index in [4.69, 9.17) is 9.57 Å². The Balaban J connectivity index is 1.31. The summed E-state index contributed by atoms with van der Waals surface area (Å²) in [7, 11) is 1.63. The van der Waals surface area contributed by atoms with E-state index < -0.39 is 0 Å². The number of nitrogens with one attached hydrogen (secondary N) is 1. The van der Waals surface area contributed by atoms with Crippen molar-refractivity contribution in [2.75, 3.05) is 31.7 Å². The Kier molecular flexibility index (Phi) is 8.89. The van der Waals surface area contributed by atoms with E-state index in [0.29, 0.717) is 17.9 Å². The van der Waals surface area contributed by atoms with E-state index in [9.17, 15) is 4.79 Å². The van der Waals surface area contributed by atoms with Crippen LogP contribution in [-0.4, -0.2) is 38.4 Å². The van der Waals surface area contributed by atoms with Crippen LogP contribution in [0, 0.1) is 0 Å². The Morgan fingerprint density at radius 3 is 2.36 bits per heavy atom. The molecule has 0 aromatic heterocycles. The number of β-lactam (4-membered cyclic amide) rings is 1. The zero-order valence-corrected chi connectivity index (χ0v) is 20.9. The third kappa shape index (κ3) is 6.40. The molecule has 0 saturated carbocycles. The first-order valence-electron chi connectivity index (χ1n) is 12.3. The fourth-order valence-electron chi connectivity index (χ4n) is 4.22. The number of methoxy groups -OCH3 is 1. The van der Waals surface area contributed by atoms with Gasteiger partial charge in [-0.05, 0) is 74.3 Å². The normalized spacial score (nSPS) is 16.7. The number of nitrogens with zero attached hydrogens (tertiary/aromatic N) is 2. The molecule has 1 saturated heterocycles. The van der Waals surface area contributed by atoms with Gasteiger partial charge in [0.2, 0.25) is 0 Å². The standard InChI is InChI=1S/C30H33N3O3/c1-23(32-36-21-9-19-31-20-18-24-10-5-3-6-11-24)22-28-29(25-12-7-4-8-13-25)33(30(28)34)26-14-16-27(35-2)17-15-26/h3-8,10-17,22,29,31H,9,18-21H2,1-2H3. The molecule has 1 heterocycles. The highest BCUT2D eigenvalue weighted by Crippen LogP contribution is 2.43. The second kappa shape index (κ2) is 12.7. The van der Waals surface area contributed by atoms with Gasteiger partial charge < -0.3 is 14.9 Å². The summed E-state index contributed by atoms with van der Waals surface area (Å²) in [6, 6.07) is 27.8. The van der Waals surface area contributed by atoms with Gasteiger partial charge in [-0.1, -0.05) is 65.8 Å². The minimum atomic E-state index is -0.175. The maximum absolute atomic E-state index is 13.1. The number of anilines is 1. The van der Waals surface area contributed by atoms with Gasteiger partial charge in [0.25, 0.3) is 5.91 Å². The molecule has 0 radical (unpaired) electrons. The maximum Gasteiger partial charge on any atom is 0.257 e. The molecular weight excluding hydrogens is 450 g/mol. The van der Waals surface area contributed by atoms with Crippen LogP contribution in [0.4, 0.5) is 5.69 Å². The molecule has 0 aliphatic carbocycles. The minimum absolute atomic E-state index is 0.0359. The van der Waals surface area contributed by atoms with E-state index in [2.05, 4.69) is 34.7 Å². The van der Waals surface area contributed by atoms with E-state index >= 15 is 0 Å². The Labute approximate surface area is 213 Å². The lowest BCUT2D eigenvalue weighted by Gasteiger charge is -2.43. The van der Waals surface area contributed by atoms with E-state index in [-0.39, 0.29) is 11.9 Å². The van der Waals surface area contributed by atoms with Crippen molar-refractivity contribution in [1.29, 1.82) is 0 Å². The zero-order chi connectivity index (χ0) is 25.2. The summed E-state index contributed by atoms with van der Waals surface area (Å²) in [4.78, 5) is 20.4. The molecule has 1 fully saturated rings. The number of hydrogen-bond donors (Lipinski definition) is 1. The van der Waals surface area contributed by atoms with Gasteiger partial charge in [0, 0.05) is 11.3 Å². The molecule has 1 N–H and O–H groups in total. The summed E-state index contributed by atoms with van der Waals surface area (Å²) in [6.45, 7) is 4.18. The topological polar surface area (TPSA) is 63.2 Å². The van der Waals surface area contributed by atoms with E-state index in [1.165, 1.54) is 5.56 Å². The third-order valence-corrected chi connectivity index (χ3v) is 6.08. The molecule has 0 spiro atoms. The van der Waals surface area contributed by atoms with Crippen molar-refractivity contribution in [3.05, 3.63) is 108 Å². The van der Waals surface area contributed by atoms with Crippen molar-refractivity contribution in [3.63, 3.8) is 0 Å². The predicted octanol–water partition coefficient (Wildman–Crippen LogP) is 5.32. The summed E-state index contributed by atoms with van der Waals surface area (Å²) < 4.78 is 5.26. The number of hydrogen-bond acceptors (Lipinski definition) is 5. The molecule has 1 amide bonds. The summed E-state index contributed by atoms with van der Waals surface area (Å²) in [5, 5.41) is 7.65. The first-order valence-corrected chi connectivity index (χ1v) is 12.3. The van der Waals surface area contributed by atoms with E-state index in [0.717, 1.165) is 42.9 Å². The van der Waals surface area contributed by atoms with Gasteiger partial charge in [-0.25, -0.2) is 0 Å². The largest absolute Gasteiger partial charge is 0.497 e. The summed E-state index contributed by atoms with van der Waals surface area (Å²) in [5.41, 5.74) is 4.58. The number of rotatable bonds is 12. The van der Waals surface area contributed by atoms with Crippen LogP contribution in [0.15, 0.2) is 102 Å². The summed E-state index contributed by atoms with van der Waals surface area (Å²) in [6.07, 6.45) is 3.70. The van der Waals surface area contributed by atoms with Gasteiger partial charge in [0.1, 0.15) is 12.4 Å². The van der Waals surface area contributed by atoms with Crippen LogP contribution in [0.25, 0.3) is 0 Å². The number of benzene rings is 3. The van der Waals surface area contributed by atoms with Crippen molar-refractivity contribution in [2.45, 2.75) is 25.8 Å². The van der Waals surface area contributed by atoms with Crippen molar-refractivity contribution >= 4 is 17.3 Å². The Bertz CT molecular complexity index is 1180. The van der Waals surface area contributed by atoms with Crippen LogP contribution < -0.4 is 15.0 Å². The third-order valence-electron chi connectivity index (χ3n) is 6.08. The maximum atomic E-state index is 13.1. The average Bonchev–Trinajstić information content (AvgIpc) is 2.93. The molecule has 36 heavy (non-hydrogen) atoms. The predicted molar refractivity (Wildman–Crippen MR) is 144 cm³/mol. The summed E-state index contributed by atoms with van der Waals surface area (Å²) in [5.74, 6) is 0.719.